The first-order valence-corrected chi connectivity index (χ1v) is 11.7. The van der Waals surface area contributed by atoms with E-state index in [9.17, 15) is 17.6 Å². The summed E-state index contributed by atoms with van der Waals surface area (Å²) in [6.45, 7) is 0.112. The zero-order valence-corrected chi connectivity index (χ0v) is 19.9. The summed E-state index contributed by atoms with van der Waals surface area (Å²) < 4.78 is 64.5. The lowest BCUT2D eigenvalue weighted by Gasteiger charge is -2.39. The molecule has 192 valence electrons. The van der Waals surface area contributed by atoms with Crippen molar-refractivity contribution in [3.05, 3.63) is 47.4 Å². The van der Waals surface area contributed by atoms with Crippen LogP contribution in [-0.2, 0) is 6.54 Å². The van der Waals surface area contributed by atoms with Gasteiger partial charge in [-0.05, 0) is 42.9 Å². The van der Waals surface area contributed by atoms with Gasteiger partial charge in [0.1, 0.15) is 18.1 Å². The maximum atomic E-state index is 13.7. The highest BCUT2D eigenvalue weighted by molar-refractivity contribution is 6.30. The van der Waals surface area contributed by atoms with Gasteiger partial charge in [0.05, 0.1) is 7.11 Å². The average molecular weight is 527 g/mol. The highest BCUT2D eigenvalue weighted by Gasteiger charge is 2.43. The number of methoxy groups -OCH3 is 1. The molecule has 1 saturated heterocycles. The first-order valence-electron chi connectivity index (χ1n) is 11.3. The van der Waals surface area contributed by atoms with E-state index in [1.54, 1.807) is 13.3 Å². The fraction of sp³-hybridized carbons (Fsp3) is 0.435. The molecule has 2 bridgehead atoms. The van der Waals surface area contributed by atoms with Crippen LogP contribution in [0.3, 0.4) is 0 Å². The van der Waals surface area contributed by atoms with Gasteiger partial charge in [-0.25, -0.2) is 14.1 Å². The van der Waals surface area contributed by atoms with Gasteiger partial charge in [-0.3, -0.25) is 0 Å². The molecule has 0 radical (unpaired) electrons. The number of pyridine rings is 1. The summed E-state index contributed by atoms with van der Waals surface area (Å²) in [6.07, 6.45) is -0.922. The number of aromatic nitrogens is 4. The zero-order valence-electron chi connectivity index (χ0n) is 19.2. The molecule has 1 saturated carbocycles. The van der Waals surface area contributed by atoms with Crippen LogP contribution in [0.5, 0.6) is 17.6 Å². The Morgan fingerprint density at radius 2 is 1.89 bits per heavy atom. The van der Waals surface area contributed by atoms with E-state index in [1.807, 2.05) is 12.1 Å². The number of anilines is 2. The first kappa shape index (κ1) is 24.4. The van der Waals surface area contributed by atoms with Crippen LogP contribution < -0.4 is 19.7 Å². The van der Waals surface area contributed by atoms with Crippen LogP contribution in [0, 0.1) is 17.7 Å². The molecule has 1 aliphatic heterocycles. The van der Waals surface area contributed by atoms with E-state index >= 15 is 0 Å². The van der Waals surface area contributed by atoms with Crippen molar-refractivity contribution >= 4 is 23.2 Å². The largest absolute Gasteiger partial charge is 0.481 e. The third-order valence-corrected chi connectivity index (χ3v) is 6.65. The van der Waals surface area contributed by atoms with Crippen molar-refractivity contribution in [1.82, 2.24) is 19.7 Å². The third kappa shape index (κ3) is 5.43. The number of piperidine rings is 1. The maximum Gasteiger partial charge on any atom is 0.408 e. The Labute approximate surface area is 209 Å². The Morgan fingerprint density at radius 3 is 2.56 bits per heavy atom. The van der Waals surface area contributed by atoms with Crippen molar-refractivity contribution in [2.75, 3.05) is 30.4 Å². The molecule has 1 aromatic carbocycles. The molecule has 0 unspecified atom stereocenters. The number of nitrogens with one attached hydrogen (secondary N) is 1. The van der Waals surface area contributed by atoms with Crippen molar-refractivity contribution in [3.63, 3.8) is 0 Å². The monoisotopic (exact) mass is 526 g/mol. The van der Waals surface area contributed by atoms with Gasteiger partial charge in [0.2, 0.25) is 11.8 Å². The van der Waals surface area contributed by atoms with Crippen molar-refractivity contribution in [2.45, 2.75) is 31.6 Å². The molecular formula is C23H23ClF4N6O2. The first-order chi connectivity index (χ1) is 17.2. The molecule has 0 spiro atoms. The van der Waals surface area contributed by atoms with Crippen LogP contribution in [0.4, 0.5) is 29.2 Å². The Kier molecular flexibility index (Phi) is 6.54. The number of alkyl halides is 3. The van der Waals surface area contributed by atoms with E-state index in [2.05, 4.69) is 25.3 Å². The summed E-state index contributed by atoms with van der Waals surface area (Å²) in [7, 11) is 1.57. The number of halogens is 5. The fourth-order valence-electron chi connectivity index (χ4n) is 4.96. The van der Waals surface area contributed by atoms with E-state index in [0.29, 0.717) is 10.6 Å². The van der Waals surface area contributed by atoms with Crippen LogP contribution >= 0.6 is 11.6 Å². The molecule has 3 heterocycles. The van der Waals surface area contributed by atoms with Gasteiger partial charge >= 0.3 is 12.2 Å². The van der Waals surface area contributed by atoms with Crippen LogP contribution in [-0.4, -0.2) is 52.2 Å². The smallest absolute Gasteiger partial charge is 0.408 e. The molecule has 0 amide bonds. The number of hydrogen-bond donors (Lipinski definition) is 1. The Bertz CT molecular complexity index is 1210. The number of ether oxygens (including phenoxy) is 2. The van der Waals surface area contributed by atoms with E-state index < -0.39 is 24.5 Å². The minimum atomic E-state index is -4.56. The van der Waals surface area contributed by atoms with E-state index in [0.717, 1.165) is 43.8 Å². The molecule has 1 N–H and O–H groups in total. The number of hydrogen-bond acceptors (Lipinski definition) is 7. The summed E-state index contributed by atoms with van der Waals surface area (Å²) >= 11 is 5.84. The fourth-order valence-corrected chi connectivity index (χ4v) is 5.17. The highest BCUT2D eigenvalue weighted by Crippen LogP contribution is 2.40. The van der Waals surface area contributed by atoms with Crippen molar-refractivity contribution in [3.8, 4) is 17.6 Å². The lowest BCUT2D eigenvalue weighted by Crippen LogP contribution is -2.48. The van der Waals surface area contributed by atoms with Crippen molar-refractivity contribution in [1.29, 1.82) is 0 Å². The minimum absolute atomic E-state index is 0.0109. The molecule has 1 aliphatic carbocycles. The number of nitrogens with zero attached hydrogens (tertiary/aromatic N) is 5. The van der Waals surface area contributed by atoms with Crippen LogP contribution in [0.1, 0.15) is 12.8 Å². The van der Waals surface area contributed by atoms with Crippen molar-refractivity contribution < 1.29 is 27.0 Å². The minimum Gasteiger partial charge on any atom is -0.481 e. The van der Waals surface area contributed by atoms with Gasteiger partial charge in [0, 0.05) is 48.2 Å². The molecule has 5 rings (SSSR count). The van der Waals surface area contributed by atoms with Crippen LogP contribution in [0.15, 0.2) is 36.5 Å². The number of fused-ring (bicyclic) bond motifs is 2. The molecule has 8 nitrogen and oxygen atoms in total. The molecule has 13 heteroatoms. The predicted octanol–water partition coefficient (Wildman–Crippen LogP) is 5.16. The van der Waals surface area contributed by atoms with Crippen LogP contribution in [0.2, 0.25) is 5.02 Å². The molecule has 2 aliphatic rings. The Balaban J connectivity index is 1.34. The van der Waals surface area contributed by atoms with Crippen LogP contribution in [0.25, 0.3) is 0 Å². The molecule has 3 aromatic rings. The standard InChI is InChI=1S/C23H23ClF4N6O2/c1-35-19-9-17(4-5-29-19)33-10-13-2-3-14(11-33)20(13)30-21-31-22(34(32-21)12-23(26,27)28)36-18-7-15(24)6-16(25)8-18/h4-9,13-14,20H,2-3,10-12H2,1H3,(H,30,32)/t13-,14+,20-. The average Bonchev–Trinajstić information content (AvgIpc) is 3.26. The number of benzene rings is 1. The number of rotatable bonds is 7. The summed E-state index contributed by atoms with van der Waals surface area (Å²) in [5.41, 5.74) is 1.01. The SMILES string of the molecule is COc1cc(N2C[C@H]3CC[C@@H](C2)[C@@H]3Nc2nc(Oc3cc(F)cc(Cl)c3)n(CC(F)(F)F)n2)ccn1. The maximum absolute atomic E-state index is 13.7. The van der Waals surface area contributed by atoms with Gasteiger partial charge < -0.3 is 19.7 Å². The lowest BCUT2D eigenvalue weighted by molar-refractivity contribution is -0.143. The normalized spacial score (nSPS) is 21.5. The van der Waals surface area contributed by atoms with Gasteiger partial charge in [0.25, 0.3) is 0 Å². The van der Waals surface area contributed by atoms with Gasteiger partial charge in [0.15, 0.2) is 0 Å². The van der Waals surface area contributed by atoms with Gasteiger partial charge in [-0.1, -0.05) is 11.6 Å². The zero-order chi connectivity index (χ0) is 25.4. The summed E-state index contributed by atoms with van der Waals surface area (Å²) in [6, 6.07) is 6.75. The topological polar surface area (TPSA) is 77.3 Å². The second kappa shape index (κ2) is 9.64. The summed E-state index contributed by atoms with van der Waals surface area (Å²) in [5.74, 6) is 0.272. The second-order valence-electron chi connectivity index (χ2n) is 8.93. The van der Waals surface area contributed by atoms with Gasteiger partial charge in [-0.15, -0.1) is 5.10 Å². The summed E-state index contributed by atoms with van der Waals surface area (Å²) in [5, 5.41) is 7.29. The predicted molar refractivity (Wildman–Crippen MR) is 124 cm³/mol. The highest BCUT2D eigenvalue weighted by atomic mass is 35.5. The van der Waals surface area contributed by atoms with Gasteiger partial charge in [-0.2, -0.15) is 18.2 Å². The van der Waals surface area contributed by atoms with E-state index in [-0.39, 0.29) is 34.6 Å². The Hall–Kier alpha value is -3.28. The molecule has 2 aromatic heterocycles. The molecule has 3 atom stereocenters. The van der Waals surface area contributed by atoms with E-state index in [4.69, 9.17) is 21.1 Å². The van der Waals surface area contributed by atoms with E-state index in [1.165, 1.54) is 6.07 Å². The quantitative estimate of drug-likeness (QED) is 0.426. The second-order valence-corrected chi connectivity index (χ2v) is 9.36. The molecule has 2 fully saturated rings. The Morgan fingerprint density at radius 1 is 1.14 bits per heavy atom. The third-order valence-electron chi connectivity index (χ3n) is 6.43. The summed E-state index contributed by atoms with van der Waals surface area (Å²) in [4.78, 5) is 10.6. The molecular weight excluding hydrogens is 504 g/mol. The molecule has 36 heavy (non-hydrogen) atoms. The van der Waals surface area contributed by atoms with Crippen molar-refractivity contribution in [2.24, 2.45) is 11.8 Å². The lowest BCUT2D eigenvalue weighted by atomic mass is 9.92.